The smallest absolute Gasteiger partial charge is 0.251 e. The highest BCUT2D eigenvalue weighted by atomic mass is 32.2. The summed E-state index contributed by atoms with van der Waals surface area (Å²) in [5, 5.41) is 2.67. The van der Waals surface area contributed by atoms with Crippen molar-refractivity contribution in [2.45, 2.75) is 24.7 Å². The van der Waals surface area contributed by atoms with E-state index in [1.54, 1.807) is 7.11 Å². The molecule has 0 aliphatic rings. The molecule has 118 valence electrons. The minimum Gasteiger partial charge on any atom is -0.383 e. The Kier molecular flexibility index (Phi) is 7.35. The van der Waals surface area contributed by atoms with Gasteiger partial charge in [-0.25, -0.2) is 13.1 Å². The van der Waals surface area contributed by atoms with Gasteiger partial charge >= 0.3 is 0 Å². The molecule has 0 spiro atoms. The van der Waals surface area contributed by atoms with Crippen LogP contribution in [0.1, 0.15) is 30.1 Å². The van der Waals surface area contributed by atoms with Crippen LogP contribution in [0.4, 0.5) is 0 Å². The van der Waals surface area contributed by atoms with Crippen LogP contribution in [0, 0.1) is 0 Å². The maximum atomic E-state index is 12.0. The third-order valence-corrected chi connectivity index (χ3v) is 4.32. The molecule has 0 aromatic heterocycles. The fourth-order valence-corrected chi connectivity index (χ4v) is 2.69. The number of rotatable bonds is 9. The third kappa shape index (κ3) is 5.82. The van der Waals surface area contributed by atoms with Crippen LogP contribution in [0.15, 0.2) is 29.2 Å². The molecule has 0 atom stereocenters. The summed E-state index contributed by atoms with van der Waals surface area (Å²) in [5.41, 5.74) is 0.415. The zero-order valence-corrected chi connectivity index (χ0v) is 13.2. The van der Waals surface area contributed by atoms with Crippen molar-refractivity contribution < 1.29 is 17.9 Å². The van der Waals surface area contributed by atoms with Crippen molar-refractivity contribution in [3.63, 3.8) is 0 Å². The van der Waals surface area contributed by atoms with E-state index in [1.165, 1.54) is 24.3 Å². The Labute approximate surface area is 125 Å². The van der Waals surface area contributed by atoms with Gasteiger partial charge in [-0.2, -0.15) is 0 Å². The molecule has 1 aromatic rings. The molecule has 0 aliphatic heterocycles. The molecule has 0 heterocycles. The lowest BCUT2D eigenvalue weighted by atomic mass is 10.2. The Hall–Kier alpha value is -1.44. The average molecular weight is 314 g/mol. The van der Waals surface area contributed by atoms with Crippen molar-refractivity contribution in [3.05, 3.63) is 29.8 Å². The first-order valence-corrected chi connectivity index (χ1v) is 8.36. The van der Waals surface area contributed by atoms with Gasteiger partial charge in [-0.1, -0.05) is 13.3 Å². The molecule has 0 bridgehead atoms. The first-order valence-electron chi connectivity index (χ1n) is 6.88. The number of methoxy groups -OCH3 is 1. The number of unbranched alkanes of at least 4 members (excludes halogenated alkanes) is 1. The highest BCUT2D eigenvalue weighted by Gasteiger charge is 2.14. The number of amides is 1. The van der Waals surface area contributed by atoms with Crippen LogP contribution < -0.4 is 10.0 Å². The molecule has 6 nitrogen and oxygen atoms in total. The number of hydrogen-bond acceptors (Lipinski definition) is 4. The predicted molar refractivity (Wildman–Crippen MR) is 80.7 cm³/mol. The maximum Gasteiger partial charge on any atom is 0.251 e. The molecular formula is C14H22N2O4S. The van der Waals surface area contributed by atoms with E-state index < -0.39 is 10.0 Å². The van der Waals surface area contributed by atoms with Crippen molar-refractivity contribution in [1.29, 1.82) is 0 Å². The first-order chi connectivity index (χ1) is 10.0. The lowest BCUT2D eigenvalue weighted by Crippen LogP contribution is -2.27. The highest BCUT2D eigenvalue weighted by molar-refractivity contribution is 7.89. The number of nitrogens with one attached hydrogen (secondary N) is 2. The first kappa shape index (κ1) is 17.6. The summed E-state index contributed by atoms with van der Waals surface area (Å²) in [6.45, 7) is 3.25. The minimum atomic E-state index is -3.50. The molecule has 0 saturated heterocycles. The van der Waals surface area contributed by atoms with Gasteiger partial charge < -0.3 is 10.1 Å². The Balaban J connectivity index is 2.66. The van der Waals surface area contributed by atoms with Crippen molar-refractivity contribution in [3.8, 4) is 0 Å². The van der Waals surface area contributed by atoms with Gasteiger partial charge in [0.15, 0.2) is 0 Å². The SMILES string of the molecule is CCCCNS(=O)(=O)c1ccc(C(=O)NCCOC)cc1. The fraction of sp³-hybridized carbons (Fsp3) is 0.500. The molecule has 0 saturated carbocycles. The van der Waals surface area contributed by atoms with Gasteiger partial charge in [-0.05, 0) is 30.7 Å². The monoisotopic (exact) mass is 314 g/mol. The minimum absolute atomic E-state index is 0.159. The normalized spacial score (nSPS) is 11.3. The fourth-order valence-electron chi connectivity index (χ4n) is 1.62. The number of hydrogen-bond donors (Lipinski definition) is 2. The quantitative estimate of drug-likeness (QED) is 0.670. The largest absolute Gasteiger partial charge is 0.383 e. The van der Waals surface area contributed by atoms with Gasteiger partial charge in [-0.15, -0.1) is 0 Å². The molecule has 0 aliphatic carbocycles. The van der Waals surface area contributed by atoms with Crippen molar-refractivity contribution in [2.75, 3.05) is 26.8 Å². The van der Waals surface area contributed by atoms with Crippen molar-refractivity contribution >= 4 is 15.9 Å². The van der Waals surface area contributed by atoms with E-state index in [-0.39, 0.29) is 10.8 Å². The van der Waals surface area contributed by atoms with E-state index in [1.807, 2.05) is 6.92 Å². The van der Waals surface area contributed by atoms with E-state index >= 15 is 0 Å². The van der Waals surface area contributed by atoms with Gasteiger partial charge in [0.05, 0.1) is 11.5 Å². The van der Waals surface area contributed by atoms with E-state index in [4.69, 9.17) is 4.74 Å². The summed E-state index contributed by atoms with van der Waals surface area (Å²) in [5.74, 6) is -0.255. The molecule has 1 aromatic carbocycles. The lowest BCUT2D eigenvalue weighted by Gasteiger charge is -2.08. The van der Waals surface area contributed by atoms with E-state index in [0.717, 1.165) is 12.8 Å². The molecule has 7 heteroatoms. The van der Waals surface area contributed by atoms with Crippen LogP contribution in [-0.2, 0) is 14.8 Å². The van der Waals surface area contributed by atoms with Crippen LogP contribution >= 0.6 is 0 Å². The van der Waals surface area contributed by atoms with Crippen LogP contribution in [-0.4, -0.2) is 41.1 Å². The standard InChI is InChI=1S/C14H22N2O4S/c1-3-4-9-16-21(18,19)13-7-5-12(6-8-13)14(17)15-10-11-20-2/h5-8,16H,3-4,9-11H2,1-2H3,(H,15,17). The van der Waals surface area contributed by atoms with E-state index in [0.29, 0.717) is 25.3 Å². The summed E-state index contributed by atoms with van der Waals surface area (Å²) in [4.78, 5) is 11.9. The molecule has 0 radical (unpaired) electrons. The summed E-state index contributed by atoms with van der Waals surface area (Å²) in [6, 6.07) is 5.85. The summed E-state index contributed by atoms with van der Waals surface area (Å²) < 4.78 is 31.3. The zero-order chi connectivity index (χ0) is 15.7. The zero-order valence-electron chi connectivity index (χ0n) is 12.4. The summed E-state index contributed by atoms with van der Waals surface area (Å²) in [7, 11) is -1.94. The molecule has 2 N–H and O–H groups in total. The van der Waals surface area contributed by atoms with Crippen LogP contribution in [0.3, 0.4) is 0 Å². The molecule has 21 heavy (non-hydrogen) atoms. The molecule has 0 fully saturated rings. The number of carbonyl (C=O) groups excluding carboxylic acids is 1. The number of ether oxygens (including phenoxy) is 1. The number of sulfonamides is 1. The predicted octanol–water partition coefficient (Wildman–Crippen LogP) is 1.14. The van der Waals surface area contributed by atoms with Crippen LogP contribution in [0.5, 0.6) is 0 Å². The third-order valence-electron chi connectivity index (χ3n) is 2.84. The highest BCUT2D eigenvalue weighted by Crippen LogP contribution is 2.10. The second kappa shape index (κ2) is 8.76. The van der Waals surface area contributed by atoms with Gasteiger partial charge in [0.2, 0.25) is 10.0 Å². The Morgan fingerprint density at radius 2 is 1.86 bits per heavy atom. The molecule has 0 unspecified atom stereocenters. The summed E-state index contributed by atoms with van der Waals surface area (Å²) >= 11 is 0. The number of carbonyl (C=O) groups is 1. The molecule has 1 rings (SSSR count). The van der Waals surface area contributed by atoms with Gasteiger partial charge in [0.25, 0.3) is 5.91 Å². The second-order valence-corrected chi connectivity index (χ2v) is 6.29. The van der Waals surface area contributed by atoms with Crippen molar-refractivity contribution in [1.82, 2.24) is 10.0 Å². The van der Waals surface area contributed by atoms with Crippen LogP contribution in [0.25, 0.3) is 0 Å². The molecule has 1 amide bonds. The topological polar surface area (TPSA) is 84.5 Å². The average Bonchev–Trinajstić information content (AvgIpc) is 2.47. The van der Waals surface area contributed by atoms with Crippen molar-refractivity contribution in [2.24, 2.45) is 0 Å². The van der Waals surface area contributed by atoms with Crippen LogP contribution in [0.2, 0.25) is 0 Å². The van der Waals surface area contributed by atoms with Gasteiger partial charge in [0.1, 0.15) is 0 Å². The maximum absolute atomic E-state index is 12.0. The Bertz CT molecular complexity index is 541. The molecular weight excluding hydrogens is 292 g/mol. The second-order valence-electron chi connectivity index (χ2n) is 4.52. The van der Waals surface area contributed by atoms with E-state index in [2.05, 4.69) is 10.0 Å². The number of benzene rings is 1. The Morgan fingerprint density at radius 1 is 1.19 bits per heavy atom. The van der Waals surface area contributed by atoms with E-state index in [9.17, 15) is 13.2 Å². The van der Waals surface area contributed by atoms with Gasteiger partial charge in [0, 0.05) is 25.8 Å². The van der Waals surface area contributed by atoms with Gasteiger partial charge in [-0.3, -0.25) is 4.79 Å². The lowest BCUT2D eigenvalue weighted by molar-refractivity contribution is 0.0937. The summed E-state index contributed by atoms with van der Waals surface area (Å²) in [6.07, 6.45) is 1.71. The Morgan fingerprint density at radius 3 is 2.43 bits per heavy atom.